The molecule has 5 nitrogen and oxygen atoms in total. The van der Waals surface area contributed by atoms with Gasteiger partial charge in [0.1, 0.15) is 6.61 Å². The van der Waals surface area contributed by atoms with Gasteiger partial charge in [0.15, 0.2) is 0 Å². The lowest BCUT2D eigenvalue weighted by molar-refractivity contribution is 0.135. The summed E-state index contributed by atoms with van der Waals surface area (Å²) in [7, 11) is 0. The van der Waals surface area contributed by atoms with Gasteiger partial charge in [0.2, 0.25) is 0 Å². The molecule has 0 saturated heterocycles. The molecule has 2 rings (SSSR count). The van der Waals surface area contributed by atoms with Crippen molar-refractivity contribution >= 4 is 6.09 Å². The van der Waals surface area contributed by atoms with E-state index in [0.717, 1.165) is 5.56 Å². The average molecular weight is 261 g/mol. The van der Waals surface area contributed by atoms with E-state index in [0.29, 0.717) is 6.42 Å². The molecule has 19 heavy (non-hydrogen) atoms. The van der Waals surface area contributed by atoms with Gasteiger partial charge in [-0.3, -0.25) is 0 Å². The fourth-order valence-corrected chi connectivity index (χ4v) is 2.00. The van der Waals surface area contributed by atoms with E-state index in [-0.39, 0.29) is 24.7 Å². The van der Waals surface area contributed by atoms with Crippen molar-refractivity contribution in [1.29, 1.82) is 0 Å². The number of carbonyl (C=O) groups is 1. The van der Waals surface area contributed by atoms with Crippen LogP contribution in [-0.4, -0.2) is 24.2 Å². The van der Waals surface area contributed by atoms with E-state index in [2.05, 4.69) is 5.32 Å². The van der Waals surface area contributed by atoms with Gasteiger partial charge < -0.3 is 21.5 Å². The molecule has 0 fully saturated rings. The predicted octanol–water partition coefficient (Wildman–Crippen LogP) is 0.896. The maximum absolute atomic E-state index is 11.7. The topological polar surface area (TPSA) is 90.4 Å². The second-order valence-corrected chi connectivity index (χ2v) is 4.68. The quantitative estimate of drug-likeness (QED) is 0.705. The van der Waals surface area contributed by atoms with Crippen LogP contribution in [0.15, 0.2) is 42.5 Å². The van der Waals surface area contributed by atoms with Gasteiger partial charge >= 0.3 is 6.09 Å². The molecule has 0 radical (unpaired) electrons. The van der Waals surface area contributed by atoms with Gasteiger partial charge in [-0.25, -0.2) is 4.79 Å². The summed E-state index contributed by atoms with van der Waals surface area (Å²) in [5.41, 5.74) is 12.6. The number of hydrogen-bond donors (Lipinski definition) is 3. The first-order valence-corrected chi connectivity index (χ1v) is 6.32. The number of alkyl carbamates (subject to hydrolysis) is 1. The first-order chi connectivity index (χ1) is 9.15. The summed E-state index contributed by atoms with van der Waals surface area (Å²) in [6.45, 7) is 0.248. The van der Waals surface area contributed by atoms with E-state index in [9.17, 15) is 4.79 Å². The summed E-state index contributed by atoms with van der Waals surface area (Å²) in [5.74, 6) is 0. The number of nitrogens with one attached hydrogen (secondary N) is 1. The van der Waals surface area contributed by atoms with Crippen molar-refractivity contribution in [1.82, 2.24) is 5.32 Å². The lowest BCUT2D eigenvalue weighted by Gasteiger charge is -2.27. The van der Waals surface area contributed by atoms with Crippen LogP contribution in [0.1, 0.15) is 12.0 Å². The highest BCUT2D eigenvalue weighted by Gasteiger charge is 2.23. The second-order valence-electron chi connectivity index (χ2n) is 4.68. The third-order valence-electron chi connectivity index (χ3n) is 3.07. The summed E-state index contributed by atoms with van der Waals surface area (Å²) in [6.07, 6.45) is 3.86. The Kier molecular flexibility index (Phi) is 4.54. The van der Waals surface area contributed by atoms with Crippen LogP contribution in [0, 0.1) is 0 Å². The van der Waals surface area contributed by atoms with Gasteiger partial charge in [-0.05, 0) is 12.0 Å². The first kappa shape index (κ1) is 13.6. The maximum atomic E-state index is 11.7. The minimum Gasteiger partial charge on any atom is -0.445 e. The molecule has 0 bridgehead atoms. The monoisotopic (exact) mass is 261 g/mol. The van der Waals surface area contributed by atoms with E-state index >= 15 is 0 Å². The molecule has 5 heteroatoms. The lowest BCUT2D eigenvalue weighted by Crippen LogP contribution is -2.51. The van der Waals surface area contributed by atoms with E-state index in [1.165, 1.54) is 0 Å². The number of nitrogens with two attached hydrogens (primary N) is 2. The molecule has 1 aliphatic rings. The van der Waals surface area contributed by atoms with Crippen LogP contribution in [0.25, 0.3) is 0 Å². The lowest BCUT2D eigenvalue weighted by atomic mass is 9.94. The summed E-state index contributed by atoms with van der Waals surface area (Å²) in [5, 5.41) is 2.73. The fraction of sp³-hybridized carbons (Fsp3) is 0.357. The zero-order valence-electron chi connectivity index (χ0n) is 10.7. The Labute approximate surface area is 112 Å². The molecule has 5 N–H and O–H groups in total. The molecule has 1 amide bonds. The summed E-state index contributed by atoms with van der Waals surface area (Å²) < 4.78 is 5.14. The third-order valence-corrected chi connectivity index (χ3v) is 3.07. The zero-order valence-corrected chi connectivity index (χ0v) is 10.7. The molecule has 102 valence electrons. The normalized spacial score (nSPS) is 25.9. The molecular weight excluding hydrogens is 242 g/mol. The van der Waals surface area contributed by atoms with Crippen LogP contribution in [-0.2, 0) is 11.3 Å². The minimum absolute atomic E-state index is 0.0339. The summed E-state index contributed by atoms with van der Waals surface area (Å²) in [6, 6.07) is 9.09. The number of amides is 1. The largest absolute Gasteiger partial charge is 0.445 e. The molecule has 3 unspecified atom stereocenters. The van der Waals surface area contributed by atoms with Crippen LogP contribution >= 0.6 is 0 Å². The predicted molar refractivity (Wildman–Crippen MR) is 73.3 cm³/mol. The highest BCUT2D eigenvalue weighted by atomic mass is 16.5. The number of benzene rings is 1. The Hall–Kier alpha value is -1.85. The van der Waals surface area contributed by atoms with E-state index in [1.54, 1.807) is 0 Å². The third kappa shape index (κ3) is 4.08. The highest BCUT2D eigenvalue weighted by molar-refractivity contribution is 5.68. The SMILES string of the molecule is NC1C=CC(NC(=O)OCc2ccccc2)C(N)C1. The van der Waals surface area contributed by atoms with Crippen molar-refractivity contribution in [3.05, 3.63) is 48.0 Å². The van der Waals surface area contributed by atoms with Crippen molar-refractivity contribution < 1.29 is 9.53 Å². The molecule has 0 saturated carbocycles. The van der Waals surface area contributed by atoms with Gasteiger partial charge in [-0.2, -0.15) is 0 Å². The first-order valence-electron chi connectivity index (χ1n) is 6.32. The van der Waals surface area contributed by atoms with Crippen LogP contribution in [0.3, 0.4) is 0 Å². The molecule has 0 heterocycles. The fourth-order valence-electron chi connectivity index (χ4n) is 2.00. The van der Waals surface area contributed by atoms with Crippen LogP contribution in [0.2, 0.25) is 0 Å². The van der Waals surface area contributed by atoms with Gasteiger partial charge in [-0.15, -0.1) is 0 Å². The van der Waals surface area contributed by atoms with Crippen LogP contribution in [0.4, 0.5) is 4.79 Å². The van der Waals surface area contributed by atoms with Gasteiger partial charge in [0, 0.05) is 12.1 Å². The Morgan fingerprint density at radius 3 is 2.68 bits per heavy atom. The van der Waals surface area contributed by atoms with Crippen LogP contribution in [0.5, 0.6) is 0 Å². The molecule has 0 aliphatic heterocycles. The smallest absolute Gasteiger partial charge is 0.407 e. The Morgan fingerprint density at radius 2 is 2.00 bits per heavy atom. The molecule has 3 atom stereocenters. The van der Waals surface area contributed by atoms with Crippen LogP contribution < -0.4 is 16.8 Å². The van der Waals surface area contributed by atoms with Crippen molar-refractivity contribution in [3.8, 4) is 0 Å². The Bertz CT molecular complexity index is 447. The molecule has 0 spiro atoms. The number of ether oxygens (including phenoxy) is 1. The Balaban J connectivity index is 1.80. The van der Waals surface area contributed by atoms with E-state index < -0.39 is 6.09 Å². The summed E-state index contributed by atoms with van der Waals surface area (Å²) >= 11 is 0. The van der Waals surface area contributed by atoms with Crippen molar-refractivity contribution in [2.24, 2.45) is 11.5 Å². The minimum atomic E-state index is -0.468. The molecule has 1 aromatic rings. The number of rotatable bonds is 3. The highest BCUT2D eigenvalue weighted by Crippen LogP contribution is 2.09. The van der Waals surface area contributed by atoms with Gasteiger partial charge in [0.25, 0.3) is 0 Å². The number of carbonyl (C=O) groups excluding carboxylic acids is 1. The standard InChI is InChI=1S/C14H19N3O2/c15-11-6-7-13(12(16)8-11)17-14(18)19-9-10-4-2-1-3-5-10/h1-7,11-13H,8-9,15-16H2,(H,17,18). The van der Waals surface area contributed by atoms with Crippen molar-refractivity contribution in [3.63, 3.8) is 0 Å². The summed E-state index contributed by atoms with van der Waals surface area (Å²) in [4.78, 5) is 11.7. The van der Waals surface area contributed by atoms with E-state index in [1.807, 2.05) is 42.5 Å². The van der Waals surface area contributed by atoms with Crippen molar-refractivity contribution in [2.45, 2.75) is 31.2 Å². The second kappa shape index (κ2) is 6.36. The molecule has 0 aromatic heterocycles. The van der Waals surface area contributed by atoms with Gasteiger partial charge in [-0.1, -0.05) is 42.5 Å². The average Bonchev–Trinajstić information content (AvgIpc) is 2.41. The zero-order chi connectivity index (χ0) is 13.7. The molecular formula is C14H19N3O2. The van der Waals surface area contributed by atoms with Crippen molar-refractivity contribution in [2.75, 3.05) is 0 Å². The molecule has 1 aromatic carbocycles. The van der Waals surface area contributed by atoms with Gasteiger partial charge in [0.05, 0.1) is 6.04 Å². The van der Waals surface area contributed by atoms with E-state index in [4.69, 9.17) is 16.2 Å². The molecule has 1 aliphatic carbocycles. The maximum Gasteiger partial charge on any atom is 0.407 e. The number of hydrogen-bond acceptors (Lipinski definition) is 4. The Morgan fingerprint density at radius 1 is 1.26 bits per heavy atom.